The molecular formula is C13H19NO4S. The molecule has 1 heterocycles. The molecule has 19 heavy (non-hydrogen) atoms. The van der Waals surface area contributed by atoms with Crippen LogP contribution in [0.5, 0.6) is 0 Å². The Labute approximate surface area is 116 Å². The zero-order valence-electron chi connectivity index (χ0n) is 11.3. The molecular weight excluding hydrogens is 266 g/mol. The molecule has 0 aliphatic rings. The van der Waals surface area contributed by atoms with E-state index in [1.165, 1.54) is 11.3 Å². The van der Waals surface area contributed by atoms with Gasteiger partial charge in [-0.05, 0) is 32.2 Å². The lowest BCUT2D eigenvalue weighted by Crippen LogP contribution is -2.35. The van der Waals surface area contributed by atoms with Crippen LogP contribution in [0.15, 0.2) is 17.5 Å². The van der Waals surface area contributed by atoms with Crippen LogP contribution in [-0.4, -0.2) is 29.2 Å². The highest BCUT2D eigenvalue weighted by atomic mass is 32.1. The van der Waals surface area contributed by atoms with Gasteiger partial charge < -0.3 is 15.2 Å². The molecule has 0 aliphatic carbocycles. The van der Waals surface area contributed by atoms with Gasteiger partial charge in [-0.25, -0.2) is 0 Å². The Bertz CT molecular complexity index is 422. The number of carbonyl (C=O) groups is 2. The summed E-state index contributed by atoms with van der Waals surface area (Å²) in [7, 11) is 0. The summed E-state index contributed by atoms with van der Waals surface area (Å²) in [6, 6.07) is 3.13. The van der Waals surface area contributed by atoms with Gasteiger partial charge in [0.05, 0.1) is 18.1 Å². The molecule has 1 amide bonds. The van der Waals surface area contributed by atoms with E-state index in [-0.39, 0.29) is 18.9 Å². The first-order chi connectivity index (χ1) is 8.78. The number of ether oxygens (including phenoxy) is 1. The number of hydrogen-bond donors (Lipinski definition) is 2. The Morgan fingerprint density at radius 3 is 2.63 bits per heavy atom. The fourth-order valence-electron chi connectivity index (χ4n) is 1.40. The van der Waals surface area contributed by atoms with E-state index in [0.29, 0.717) is 0 Å². The number of rotatable bonds is 6. The third kappa shape index (κ3) is 6.35. The lowest BCUT2D eigenvalue weighted by Gasteiger charge is -2.21. The summed E-state index contributed by atoms with van der Waals surface area (Å²) < 4.78 is 5.36. The first kappa shape index (κ1) is 15.7. The van der Waals surface area contributed by atoms with Crippen LogP contribution < -0.4 is 5.32 Å². The molecule has 0 saturated carbocycles. The second-order valence-corrected chi connectivity index (χ2v) is 6.11. The number of aliphatic carboxylic acids is 1. The normalized spacial score (nSPS) is 13.0. The fourth-order valence-corrected chi connectivity index (χ4v) is 2.18. The molecule has 5 nitrogen and oxygen atoms in total. The van der Waals surface area contributed by atoms with Crippen LogP contribution in [0.2, 0.25) is 0 Å². The molecule has 1 rings (SSSR count). The molecule has 0 bridgehead atoms. The van der Waals surface area contributed by atoms with Crippen LogP contribution in [0.1, 0.15) is 38.1 Å². The zero-order chi connectivity index (χ0) is 14.5. The van der Waals surface area contributed by atoms with Crippen LogP contribution in [-0.2, 0) is 14.3 Å². The number of carboxylic acids is 1. The Morgan fingerprint density at radius 2 is 2.16 bits per heavy atom. The predicted octanol–water partition coefficient (Wildman–Crippen LogP) is 2.20. The number of nitrogens with one attached hydrogen (secondary N) is 1. The molecule has 0 radical (unpaired) electrons. The van der Waals surface area contributed by atoms with Crippen LogP contribution in [0, 0.1) is 0 Å². The van der Waals surface area contributed by atoms with E-state index in [9.17, 15) is 9.59 Å². The van der Waals surface area contributed by atoms with E-state index in [1.54, 1.807) is 0 Å². The molecule has 0 aromatic carbocycles. The SMILES string of the molecule is CC(C)(C)OCC(=O)NC(CC(=O)O)c1cccs1. The predicted molar refractivity (Wildman–Crippen MR) is 73.2 cm³/mol. The topological polar surface area (TPSA) is 75.6 Å². The van der Waals surface area contributed by atoms with Crippen molar-refractivity contribution in [3.63, 3.8) is 0 Å². The summed E-state index contributed by atoms with van der Waals surface area (Å²) in [6.45, 7) is 5.49. The van der Waals surface area contributed by atoms with Gasteiger partial charge in [0.25, 0.3) is 0 Å². The minimum absolute atomic E-state index is 0.0784. The minimum atomic E-state index is -0.949. The first-order valence-corrected chi connectivity index (χ1v) is 6.84. The Morgan fingerprint density at radius 1 is 1.47 bits per heavy atom. The molecule has 1 aromatic rings. The Balaban J connectivity index is 2.58. The summed E-state index contributed by atoms with van der Waals surface area (Å²) >= 11 is 1.42. The summed E-state index contributed by atoms with van der Waals surface area (Å²) in [5, 5.41) is 13.4. The van der Waals surface area contributed by atoms with Crippen molar-refractivity contribution in [2.24, 2.45) is 0 Å². The number of hydrogen-bond acceptors (Lipinski definition) is 4. The molecule has 106 valence electrons. The highest BCUT2D eigenvalue weighted by molar-refractivity contribution is 7.10. The summed E-state index contributed by atoms with van der Waals surface area (Å²) in [4.78, 5) is 23.4. The first-order valence-electron chi connectivity index (χ1n) is 5.96. The third-order valence-corrected chi connectivity index (χ3v) is 3.22. The molecule has 0 fully saturated rings. The third-order valence-electron chi connectivity index (χ3n) is 2.24. The molecule has 2 N–H and O–H groups in total. The van der Waals surface area contributed by atoms with Gasteiger partial charge in [0.15, 0.2) is 0 Å². The molecule has 0 aliphatic heterocycles. The van der Waals surface area contributed by atoms with E-state index in [4.69, 9.17) is 9.84 Å². The van der Waals surface area contributed by atoms with E-state index in [2.05, 4.69) is 5.32 Å². The van der Waals surface area contributed by atoms with Gasteiger partial charge in [-0.1, -0.05) is 6.07 Å². The molecule has 1 aromatic heterocycles. The smallest absolute Gasteiger partial charge is 0.305 e. The summed E-state index contributed by atoms with van der Waals surface area (Å²) in [5.74, 6) is -1.26. The van der Waals surface area contributed by atoms with Crippen molar-refractivity contribution in [3.8, 4) is 0 Å². The van der Waals surface area contributed by atoms with Crippen molar-refractivity contribution < 1.29 is 19.4 Å². The van der Waals surface area contributed by atoms with Crippen LogP contribution in [0.25, 0.3) is 0 Å². The van der Waals surface area contributed by atoms with Crippen molar-refractivity contribution in [2.45, 2.75) is 38.8 Å². The van der Waals surface area contributed by atoms with Crippen molar-refractivity contribution in [2.75, 3.05) is 6.61 Å². The fraction of sp³-hybridized carbons (Fsp3) is 0.538. The largest absolute Gasteiger partial charge is 0.481 e. The van der Waals surface area contributed by atoms with E-state index < -0.39 is 17.6 Å². The van der Waals surface area contributed by atoms with Crippen molar-refractivity contribution in [1.29, 1.82) is 0 Å². The average molecular weight is 285 g/mol. The van der Waals surface area contributed by atoms with Gasteiger partial charge in [0.2, 0.25) is 5.91 Å². The quantitative estimate of drug-likeness (QED) is 0.840. The van der Waals surface area contributed by atoms with Gasteiger partial charge in [-0.2, -0.15) is 0 Å². The zero-order valence-corrected chi connectivity index (χ0v) is 12.1. The summed E-state index contributed by atoms with van der Waals surface area (Å²) in [5.41, 5.74) is -0.400. The highest BCUT2D eigenvalue weighted by Crippen LogP contribution is 2.22. The molecule has 6 heteroatoms. The Hall–Kier alpha value is -1.40. The lowest BCUT2D eigenvalue weighted by molar-refractivity contribution is -0.138. The van der Waals surface area contributed by atoms with Crippen LogP contribution in [0.4, 0.5) is 0 Å². The monoisotopic (exact) mass is 285 g/mol. The maximum atomic E-state index is 11.8. The van der Waals surface area contributed by atoms with Crippen molar-refractivity contribution in [3.05, 3.63) is 22.4 Å². The number of amides is 1. The van der Waals surface area contributed by atoms with Crippen LogP contribution in [0.3, 0.4) is 0 Å². The average Bonchev–Trinajstić information content (AvgIpc) is 2.77. The lowest BCUT2D eigenvalue weighted by atomic mass is 10.1. The Kier molecular flexibility index (Phi) is 5.50. The number of carboxylic acid groups (broad SMARTS) is 1. The van der Waals surface area contributed by atoms with Gasteiger partial charge in [-0.15, -0.1) is 11.3 Å². The van der Waals surface area contributed by atoms with Crippen LogP contribution >= 0.6 is 11.3 Å². The minimum Gasteiger partial charge on any atom is -0.481 e. The molecule has 0 saturated heterocycles. The van der Waals surface area contributed by atoms with Crippen molar-refractivity contribution in [1.82, 2.24) is 5.32 Å². The van der Waals surface area contributed by atoms with E-state index in [0.717, 1.165) is 4.88 Å². The second kappa shape index (κ2) is 6.68. The van der Waals surface area contributed by atoms with Crippen molar-refractivity contribution >= 4 is 23.2 Å². The van der Waals surface area contributed by atoms with E-state index in [1.807, 2.05) is 38.3 Å². The standard InChI is InChI=1S/C13H19NO4S/c1-13(2,3)18-8-11(15)14-9(7-12(16)17)10-5-4-6-19-10/h4-6,9H,7-8H2,1-3H3,(H,14,15)(H,16,17). The van der Waals surface area contributed by atoms with Gasteiger partial charge in [0, 0.05) is 4.88 Å². The van der Waals surface area contributed by atoms with Gasteiger partial charge in [-0.3, -0.25) is 9.59 Å². The molecule has 1 unspecified atom stereocenters. The number of thiophene rings is 1. The maximum absolute atomic E-state index is 11.8. The number of carbonyl (C=O) groups excluding carboxylic acids is 1. The summed E-state index contributed by atoms with van der Waals surface area (Å²) in [6.07, 6.45) is -0.137. The second-order valence-electron chi connectivity index (χ2n) is 5.13. The maximum Gasteiger partial charge on any atom is 0.305 e. The van der Waals surface area contributed by atoms with E-state index >= 15 is 0 Å². The van der Waals surface area contributed by atoms with Gasteiger partial charge >= 0.3 is 5.97 Å². The van der Waals surface area contributed by atoms with Gasteiger partial charge in [0.1, 0.15) is 6.61 Å². The molecule has 0 spiro atoms. The highest BCUT2D eigenvalue weighted by Gasteiger charge is 2.20. The molecule has 1 atom stereocenters.